The Morgan fingerprint density at radius 1 is 1.12 bits per heavy atom. The minimum atomic E-state index is -0.738. The molecule has 0 atom stereocenters. The fourth-order valence-corrected chi connectivity index (χ4v) is 2.17. The third kappa shape index (κ3) is 4.59. The molecule has 2 aromatic rings. The lowest BCUT2D eigenvalue weighted by atomic mass is 10.0. The molecule has 1 amide bonds. The molecule has 0 unspecified atom stereocenters. The largest absolute Gasteiger partial charge is 0.507 e. The van der Waals surface area contributed by atoms with E-state index in [9.17, 15) is 14.7 Å². The molecule has 0 aliphatic carbocycles. The van der Waals surface area contributed by atoms with Crippen LogP contribution in [-0.4, -0.2) is 23.6 Å². The molecule has 0 saturated heterocycles. The Hall–Kier alpha value is -2.82. The Labute approximate surface area is 141 Å². The van der Waals surface area contributed by atoms with Gasteiger partial charge in [-0.15, -0.1) is 0 Å². The topological polar surface area (TPSA) is 75.6 Å². The molecule has 2 aromatic carbocycles. The van der Waals surface area contributed by atoms with Gasteiger partial charge in [0.05, 0.1) is 0 Å². The third-order valence-corrected chi connectivity index (χ3v) is 3.57. The van der Waals surface area contributed by atoms with E-state index >= 15 is 0 Å². The van der Waals surface area contributed by atoms with E-state index in [0.29, 0.717) is 11.6 Å². The summed E-state index contributed by atoms with van der Waals surface area (Å²) in [5, 5.41) is 12.4. The molecule has 5 nitrogen and oxygen atoms in total. The maximum atomic E-state index is 11.9. The van der Waals surface area contributed by atoms with E-state index in [1.807, 2.05) is 12.1 Å². The number of amides is 1. The second kappa shape index (κ2) is 7.64. The maximum Gasteiger partial charge on any atom is 0.342 e. The summed E-state index contributed by atoms with van der Waals surface area (Å²) < 4.78 is 4.93. The van der Waals surface area contributed by atoms with Gasteiger partial charge in [0, 0.05) is 5.69 Å². The van der Waals surface area contributed by atoms with E-state index in [1.165, 1.54) is 17.7 Å². The maximum absolute atomic E-state index is 11.9. The minimum absolute atomic E-state index is 0.0367. The Bertz CT molecular complexity index is 736. The highest BCUT2D eigenvalue weighted by atomic mass is 16.5. The number of aryl methyl sites for hydroxylation is 1. The summed E-state index contributed by atoms with van der Waals surface area (Å²) in [5.74, 6) is -0.923. The quantitative estimate of drug-likeness (QED) is 0.823. The molecule has 2 N–H and O–H groups in total. The zero-order chi connectivity index (χ0) is 17.7. The van der Waals surface area contributed by atoms with E-state index in [0.717, 1.165) is 5.56 Å². The number of carbonyl (C=O) groups is 2. The molecule has 0 aliphatic rings. The number of rotatable bonds is 5. The molecule has 0 saturated carbocycles. The van der Waals surface area contributed by atoms with E-state index in [2.05, 4.69) is 19.2 Å². The molecule has 0 radical (unpaired) electrons. The predicted molar refractivity (Wildman–Crippen MR) is 92.3 cm³/mol. The van der Waals surface area contributed by atoms with Gasteiger partial charge in [0.25, 0.3) is 5.91 Å². The standard InChI is InChI=1S/C19H21NO4/c1-12(2)14-5-7-15(8-6-14)20-18(22)11-24-19(23)16-9-4-13(3)10-17(16)21/h4-10,12,21H,11H2,1-3H3,(H,20,22). The smallest absolute Gasteiger partial charge is 0.342 e. The van der Waals surface area contributed by atoms with Crippen molar-refractivity contribution in [2.24, 2.45) is 0 Å². The van der Waals surface area contributed by atoms with Crippen molar-refractivity contribution in [1.29, 1.82) is 0 Å². The van der Waals surface area contributed by atoms with Gasteiger partial charge >= 0.3 is 5.97 Å². The summed E-state index contributed by atoms with van der Waals surface area (Å²) in [5.41, 5.74) is 2.68. The SMILES string of the molecule is Cc1ccc(C(=O)OCC(=O)Nc2ccc(C(C)C)cc2)c(O)c1. The second-order valence-corrected chi connectivity index (χ2v) is 5.92. The van der Waals surface area contributed by atoms with Crippen molar-refractivity contribution < 1.29 is 19.4 Å². The molecule has 0 bridgehead atoms. The summed E-state index contributed by atoms with van der Waals surface area (Å²) in [6.45, 7) is 5.56. The Balaban J connectivity index is 1.89. The molecule has 0 aliphatic heterocycles. The van der Waals surface area contributed by atoms with Crippen molar-refractivity contribution in [2.75, 3.05) is 11.9 Å². The predicted octanol–water partition coefficient (Wildman–Crippen LogP) is 3.62. The first-order chi connectivity index (χ1) is 11.4. The highest BCUT2D eigenvalue weighted by molar-refractivity contribution is 5.96. The average Bonchev–Trinajstić information content (AvgIpc) is 2.53. The van der Waals surface area contributed by atoms with Crippen LogP contribution in [0, 0.1) is 6.92 Å². The number of carbonyl (C=O) groups excluding carboxylic acids is 2. The number of aromatic hydroxyl groups is 1. The van der Waals surface area contributed by atoms with Crippen molar-refractivity contribution in [3.63, 3.8) is 0 Å². The van der Waals surface area contributed by atoms with Crippen LogP contribution < -0.4 is 5.32 Å². The highest BCUT2D eigenvalue weighted by Crippen LogP contribution is 2.19. The number of nitrogens with one attached hydrogen (secondary N) is 1. The van der Waals surface area contributed by atoms with Crippen LogP contribution in [0.15, 0.2) is 42.5 Å². The number of benzene rings is 2. The van der Waals surface area contributed by atoms with Crippen LogP contribution in [0.2, 0.25) is 0 Å². The van der Waals surface area contributed by atoms with Gasteiger partial charge in [-0.3, -0.25) is 4.79 Å². The van der Waals surface area contributed by atoms with Crippen LogP contribution in [-0.2, 0) is 9.53 Å². The molecule has 0 fully saturated rings. The van der Waals surface area contributed by atoms with Crippen molar-refractivity contribution in [3.05, 3.63) is 59.2 Å². The first-order valence-corrected chi connectivity index (χ1v) is 7.73. The number of hydrogen-bond acceptors (Lipinski definition) is 4. The fourth-order valence-electron chi connectivity index (χ4n) is 2.17. The van der Waals surface area contributed by atoms with E-state index in [4.69, 9.17) is 4.74 Å². The number of esters is 1. The number of phenols is 1. The van der Waals surface area contributed by atoms with E-state index in [1.54, 1.807) is 25.1 Å². The molecular formula is C19H21NO4. The Kier molecular flexibility index (Phi) is 5.58. The van der Waals surface area contributed by atoms with Gasteiger partial charge in [0.1, 0.15) is 11.3 Å². The summed E-state index contributed by atoms with van der Waals surface area (Å²) in [6, 6.07) is 12.1. The first-order valence-electron chi connectivity index (χ1n) is 7.73. The lowest BCUT2D eigenvalue weighted by Crippen LogP contribution is -2.21. The Morgan fingerprint density at radius 2 is 1.79 bits per heavy atom. The van der Waals surface area contributed by atoms with Gasteiger partial charge in [-0.25, -0.2) is 4.79 Å². The van der Waals surface area contributed by atoms with E-state index < -0.39 is 18.5 Å². The van der Waals surface area contributed by atoms with E-state index in [-0.39, 0.29) is 11.3 Å². The lowest BCUT2D eigenvalue weighted by molar-refractivity contribution is -0.119. The third-order valence-electron chi connectivity index (χ3n) is 3.57. The number of ether oxygens (including phenoxy) is 1. The van der Waals surface area contributed by atoms with Crippen molar-refractivity contribution in [3.8, 4) is 5.75 Å². The van der Waals surface area contributed by atoms with Gasteiger partial charge in [-0.1, -0.05) is 32.0 Å². The van der Waals surface area contributed by atoms with Crippen LogP contribution in [0.5, 0.6) is 5.75 Å². The van der Waals surface area contributed by atoms with Crippen LogP contribution >= 0.6 is 0 Å². The lowest BCUT2D eigenvalue weighted by Gasteiger charge is -2.09. The molecule has 2 rings (SSSR count). The monoisotopic (exact) mass is 327 g/mol. The van der Waals surface area contributed by atoms with Crippen molar-refractivity contribution in [2.45, 2.75) is 26.7 Å². The molecule has 126 valence electrons. The summed E-state index contributed by atoms with van der Waals surface area (Å²) in [4.78, 5) is 23.7. The van der Waals surface area contributed by atoms with Crippen molar-refractivity contribution >= 4 is 17.6 Å². The summed E-state index contributed by atoms with van der Waals surface area (Å²) >= 11 is 0. The molecule has 24 heavy (non-hydrogen) atoms. The van der Waals surface area contributed by atoms with Gasteiger partial charge in [0.15, 0.2) is 6.61 Å². The average molecular weight is 327 g/mol. The minimum Gasteiger partial charge on any atom is -0.507 e. The molecule has 0 aromatic heterocycles. The Morgan fingerprint density at radius 3 is 2.38 bits per heavy atom. The van der Waals surface area contributed by atoms with Crippen LogP contribution in [0.3, 0.4) is 0 Å². The zero-order valence-corrected chi connectivity index (χ0v) is 14.0. The van der Waals surface area contributed by atoms with Gasteiger partial charge in [-0.05, 0) is 48.2 Å². The van der Waals surface area contributed by atoms with Gasteiger partial charge in [-0.2, -0.15) is 0 Å². The normalized spacial score (nSPS) is 10.5. The van der Waals surface area contributed by atoms with Crippen LogP contribution in [0.4, 0.5) is 5.69 Å². The molecule has 0 heterocycles. The fraction of sp³-hybridized carbons (Fsp3) is 0.263. The van der Waals surface area contributed by atoms with Gasteiger partial charge < -0.3 is 15.2 Å². The summed E-state index contributed by atoms with van der Waals surface area (Å²) in [6.07, 6.45) is 0. The zero-order valence-electron chi connectivity index (χ0n) is 14.0. The molecule has 5 heteroatoms. The van der Waals surface area contributed by atoms with Crippen LogP contribution in [0.1, 0.15) is 41.3 Å². The number of hydrogen-bond donors (Lipinski definition) is 2. The van der Waals surface area contributed by atoms with Crippen LogP contribution in [0.25, 0.3) is 0 Å². The second-order valence-electron chi connectivity index (χ2n) is 5.92. The number of anilines is 1. The van der Waals surface area contributed by atoms with Crippen molar-refractivity contribution in [1.82, 2.24) is 0 Å². The first kappa shape index (κ1) is 17.5. The number of phenolic OH excluding ortho intramolecular Hbond substituents is 1. The molecular weight excluding hydrogens is 306 g/mol. The van der Waals surface area contributed by atoms with Gasteiger partial charge in [0.2, 0.25) is 0 Å². The summed E-state index contributed by atoms with van der Waals surface area (Å²) in [7, 11) is 0. The molecule has 0 spiro atoms. The highest BCUT2D eigenvalue weighted by Gasteiger charge is 2.14.